The van der Waals surface area contributed by atoms with Gasteiger partial charge in [-0.15, -0.1) is 0 Å². The van der Waals surface area contributed by atoms with E-state index in [0.29, 0.717) is 19.7 Å². The number of carbonyl (C=O) groups excluding carboxylic acids is 1. The summed E-state index contributed by atoms with van der Waals surface area (Å²) in [5.74, 6) is 0.720. The number of hydrogen-bond acceptors (Lipinski definition) is 4. The van der Waals surface area contributed by atoms with Gasteiger partial charge >= 0.3 is 6.03 Å². The molecule has 1 aromatic carbocycles. The van der Waals surface area contributed by atoms with Crippen LogP contribution in [0.5, 0.6) is 5.75 Å². The van der Waals surface area contributed by atoms with Crippen molar-refractivity contribution in [3.63, 3.8) is 0 Å². The van der Waals surface area contributed by atoms with Gasteiger partial charge in [-0.2, -0.15) is 0 Å². The van der Waals surface area contributed by atoms with Gasteiger partial charge in [-0.1, -0.05) is 30.3 Å². The van der Waals surface area contributed by atoms with Crippen molar-refractivity contribution in [1.29, 1.82) is 0 Å². The lowest BCUT2D eigenvalue weighted by Gasteiger charge is -2.35. The van der Waals surface area contributed by atoms with E-state index in [0.717, 1.165) is 25.3 Å². The Balaban J connectivity index is 1.48. The van der Waals surface area contributed by atoms with E-state index in [1.54, 1.807) is 12.4 Å². The number of pyridine rings is 1. The topological polar surface area (TPSA) is 66.5 Å². The molecule has 2 aromatic rings. The Labute approximate surface area is 148 Å². The number of nitrogens with one attached hydrogen (secondary N) is 2. The van der Waals surface area contributed by atoms with Crippen LogP contribution in [0.3, 0.4) is 0 Å². The highest BCUT2D eigenvalue weighted by Gasteiger charge is 2.26. The number of nitrogens with zero attached hydrogens (tertiary/aromatic N) is 2. The number of urea groups is 1. The maximum absolute atomic E-state index is 12.5. The number of aromatic nitrogens is 1. The molecule has 0 bridgehead atoms. The molecule has 2 heterocycles. The van der Waals surface area contributed by atoms with Crippen molar-refractivity contribution in [2.24, 2.45) is 0 Å². The maximum atomic E-state index is 12.5. The average Bonchev–Trinajstić information content (AvgIpc) is 2.68. The monoisotopic (exact) mass is 340 g/mol. The van der Waals surface area contributed by atoms with Crippen LogP contribution >= 0.6 is 0 Å². The van der Waals surface area contributed by atoms with Gasteiger partial charge in [0.25, 0.3) is 0 Å². The van der Waals surface area contributed by atoms with Crippen LogP contribution in [0.4, 0.5) is 4.79 Å². The Kier molecular flexibility index (Phi) is 6.23. The van der Waals surface area contributed by atoms with Crippen LogP contribution in [-0.4, -0.2) is 54.7 Å². The number of piperazine rings is 1. The van der Waals surface area contributed by atoms with Crippen molar-refractivity contribution in [1.82, 2.24) is 20.5 Å². The average molecular weight is 340 g/mol. The second-order valence-corrected chi connectivity index (χ2v) is 6.02. The molecule has 6 heteroatoms. The Morgan fingerprint density at radius 3 is 2.96 bits per heavy atom. The zero-order valence-corrected chi connectivity index (χ0v) is 14.2. The molecule has 2 N–H and O–H groups in total. The van der Waals surface area contributed by atoms with Crippen molar-refractivity contribution in [3.05, 3.63) is 60.4 Å². The largest absolute Gasteiger partial charge is 0.490 e. The summed E-state index contributed by atoms with van der Waals surface area (Å²) in [6, 6.07) is 13.8. The van der Waals surface area contributed by atoms with Crippen LogP contribution in [0, 0.1) is 0 Å². The van der Waals surface area contributed by atoms with Crippen molar-refractivity contribution >= 4 is 6.03 Å². The molecule has 1 saturated heterocycles. The molecule has 0 radical (unpaired) electrons. The van der Waals surface area contributed by atoms with Crippen molar-refractivity contribution in [2.45, 2.75) is 12.5 Å². The molecule has 2 amide bonds. The number of amides is 2. The van der Waals surface area contributed by atoms with E-state index in [-0.39, 0.29) is 12.1 Å². The first kappa shape index (κ1) is 17.2. The van der Waals surface area contributed by atoms with Crippen LogP contribution in [0.1, 0.15) is 5.56 Å². The van der Waals surface area contributed by atoms with Gasteiger partial charge in [0, 0.05) is 32.4 Å². The van der Waals surface area contributed by atoms with E-state index in [1.807, 2.05) is 35.2 Å². The predicted octanol–water partition coefficient (Wildman–Crippen LogP) is 1.69. The predicted molar refractivity (Wildman–Crippen MR) is 96.6 cm³/mol. The van der Waals surface area contributed by atoms with Crippen LogP contribution in [0.15, 0.2) is 54.9 Å². The van der Waals surface area contributed by atoms with Gasteiger partial charge in [-0.3, -0.25) is 4.98 Å². The molecule has 1 aliphatic rings. The summed E-state index contributed by atoms with van der Waals surface area (Å²) >= 11 is 0. The third kappa shape index (κ3) is 5.19. The van der Waals surface area contributed by atoms with Gasteiger partial charge in [0.05, 0.1) is 12.2 Å². The van der Waals surface area contributed by atoms with E-state index in [2.05, 4.69) is 27.8 Å². The smallest absolute Gasteiger partial charge is 0.317 e. The van der Waals surface area contributed by atoms with Crippen molar-refractivity contribution in [3.8, 4) is 5.75 Å². The zero-order chi connectivity index (χ0) is 17.3. The molecule has 0 aliphatic carbocycles. The summed E-state index contributed by atoms with van der Waals surface area (Å²) in [5, 5.41) is 6.34. The minimum atomic E-state index is -0.0304. The summed E-state index contributed by atoms with van der Waals surface area (Å²) < 4.78 is 5.78. The molecule has 0 spiro atoms. The molecular formula is C19H24N4O2. The first-order valence-electron chi connectivity index (χ1n) is 8.65. The van der Waals surface area contributed by atoms with Crippen LogP contribution in [0.2, 0.25) is 0 Å². The lowest BCUT2D eigenvalue weighted by molar-refractivity contribution is 0.124. The Morgan fingerprint density at radius 2 is 2.16 bits per heavy atom. The molecule has 132 valence electrons. The third-order valence-electron chi connectivity index (χ3n) is 4.22. The van der Waals surface area contributed by atoms with Crippen molar-refractivity contribution < 1.29 is 9.53 Å². The third-order valence-corrected chi connectivity index (χ3v) is 4.22. The summed E-state index contributed by atoms with van der Waals surface area (Å²) in [7, 11) is 0. The first-order chi connectivity index (χ1) is 12.3. The van der Waals surface area contributed by atoms with E-state index in [4.69, 9.17) is 4.74 Å². The fourth-order valence-corrected chi connectivity index (χ4v) is 2.86. The Bertz CT molecular complexity index is 651. The molecule has 25 heavy (non-hydrogen) atoms. The minimum absolute atomic E-state index is 0.00526. The maximum Gasteiger partial charge on any atom is 0.317 e. The molecule has 1 unspecified atom stereocenters. The van der Waals surface area contributed by atoms with Gasteiger partial charge in [0.1, 0.15) is 12.4 Å². The van der Waals surface area contributed by atoms with Gasteiger partial charge in [-0.25, -0.2) is 4.79 Å². The summed E-state index contributed by atoms with van der Waals surface area (Å²) in [5.41, 5.74) is 1.22. The number of rotatable bonds is 6. The molecular weight excluding hydrogens is 316 g/mol. The number of carbonyl (C=O) groups is 1. The van der Waals surface area contributed by atoms with Crippen LogP contribution in [-0.2, 0) is 6.42 Å². The fraction of sp³-hybridized carbons (Fsp3) is 0.368. The molecule has 6 nitrogen and oxygen atoms in total. The number of benzene rings is 1. The van der Waals surface area contributed by atoms with Crippen LogP contribution in [0.25, 0.3) is 0 Å². The van der Waals surface area contributed by atoms with E-state index < -0.39 is 0 Å². The van der Waals surface area contributed by atoms with Crippen molar-refractivity contribution in [2.75, 3.05) is 32.8 Å². The molecule has 1 aromatic heterocycles. The lowest BCUT2D eigenvalue weighted by Crippen LogP contribution is -2.58. The number of ether oxygens (including phenoxy) is 1. The SMILES string of the molecule is O=C(NCCc1ccccc1)N1CCNCC1COc1cccnc1. The van der Waals surface area contributed by atoms with E-state index >= 15 is 0 Å². The number of hydrogen-bond donors (Lipinski definition) is 2. The summed E-state index contributed by atoms with van der Waals surface area (Å²) in [6.45, 7) is 3.29. The second-order valence-electron chi connectivity index (χ2n) is 6.02. The van der Waals surface area contributed by atoms with Gasteiger partial charge in [0.2, 0.25) is 0 Å². The highest BCUT2D eigenvalue weighted by atomic mass is 16.5. The van der Waals surface area contributed by atoms with Crippen LogP contribution < -0.4 is 15.4 Å². The molecule has 1 atom stereocenters. The lowest BCUT2D eigenvalue weighted by atomic mass is 10.1. The molecule has 1 aliphatic heterocycles. The Hall–Kier alpha value is -2.60. The van der Waals surface area contributed by atoms with E-state index in [9.17, 15) is 4.79 Å². The molecule has 1 fully saturated rings. The highest BCUT2D eigenvalue weighted by Crippen LogP contribution is 2.10. The Morgan fingerprint density at radius 1 is 1.28 bits per heavy atom. The molecule has 0 saturated carbocycles. The normalized spacial score (nSPS) is 17.1. The quantitative estimate of drug-likeness (QED) is 0.840. The van der Waals surface area contributed by atoms with E-state index in [1.165, 1.54) is 5.56 Å². The second kappa shape index (κ2) is 9.03. The summed E-state index contributed by atoms with van der Waals surface area (Å²) in [6.07, 6.45) is 4.22. The van der Waals surface area contributed by atoms with Gasteiger partial charge in [0.15, 0.2) is 0 Å². The first-order valence-corrected chi connectivity index (χ1v) is 8.65. The minimum Gasteiger partial charge on any atom is -0.490 e. The molecule has 3 rings (SSSR count). The zero-order valence-electron chi connectivity index (χ0n) is 14.2. The summed E-state index contributed by atoms with van der Waals surface area (Å²) in [4.78, 5) is 18.4. The van der Waals surface area contributed by atoms with Gasteiger partial charge in [-0.05, 0) is 24.1 Å². The highest BCUT2D eigenvalue weighted by molar-refractivity contribution is 5.74. The standard InChI is InChI=1S/C19H24N4O2/c24-19(22-10-8-16-5-2-1-3-6-16)23-12-11-21-13-17(23)15-25-18-7-4-9-20-14-18/h1-7,9,14,17,21H,8,10-13,15H2,(H,22,24). The fourth-order valence-electron chi connectivity index (χ4n) is 2.86. The van der Waals surface area contributed by atoms with Gasteiger partial charge < -0.3 is 20.3 Å².